The maximum atomic E-state index is 4.18. The van der Waals surface area contributed by atoms with Crippen LogP contribution in [-0.2, 0) is 0 Å². The molecule has 1 saturated heterocycles. The fraction of sp³-hybridized carbons (Fsp3) is 0.267. The molecule has 1 fully saturated rings. The molecule has 1 aromatic heterocycles. The van der Waals surface area contributed by atoms with Crippen LogP contribution in [0.15, 0.2) is 53.3 Å². The maximum Gasteiger partial charge on any atom is 0.0540 e. The van der Waals surface area contributed by atoms with E-state index in [4.69, 9.17) is 0 Å². The zero-order valence-corrected chi connectivity index (χ0v) is 12.2. The number of hydrogen-bond donors (Lipinski definition) is 1. The SMILES string of the molecule is Brc1cncc(NC2CCN(c3ccccc3)C2)c1. The van der Waals surface area contributed by atoms with Gasteiger partial charge in [0.2, 0.25) is 0 Å². The molecule has 0 spiro atoms. The highest BCUT2D eigenvalue weighted by Crippen LogP contribution is 2.22. The molecule has 2 heterocycles. The number of anilines is 2. The second kappa shape index (κ2) is 5.61. The highest BCUT2D eigenvalue weighted by atomic mass is 79.9. The van der Waals surface area contributed by atoms with E-state index in [0.717, 1.165) is 29.7 Å². The van der Waals surface area contributed by atoms with Gasteiger partial charge in [-0.05, 0) is 40.5 Å². The molecule has 0 aliphatic carbocycles. The Labute approximate surface area is 121 Å². The Morgan fingerprint density at radius 3 is 2.84 bits per heavy atom. The lowest BCUT2D eigenvalue weighted by atomic mass is 10.2. The number of pyridine rings is 1. The first-order valence-electron chi connectivity index (χ1n) is 6.48. The third-order valence-corrected chi connectivity index (χ3v) is 3.82. The van der Waals surface area contributed by atoms with Crippen LogP contribution in [0.25, 0.3) is 0 Å². The molecule has 1 unspecified atom stereocenters. The van der Waals surface area contributed by atoms with Crippen molar-refractivity contribution in [3.05, 3.63) is 53.3 Å². The molecule has 19 heavy (non-hydrogen) atoms. The number of nitrogens with zero attached hydrogens (tertiary/aromatic N) is 2. The summed E-state index contributed by atoms with van der Waals surface area (Å²) in [6.07, 6.45) is 4.83. The van der Waals surface area contributed by atoms with Crippen LogP contribution in [0, 0.1) is 0 Å². The van der Waals surface area contributed by atoms with Crippen molar-refractivity contribution in [2.45, 2.75) is 12.5 Å². The summed E-state index contributed by atoms with van der Waals surface area (Å²) in [4.78, 5) is 6.60. The van der Waals surface area contributed by atoms with Crippen molar-refractivity contribution >= 4 is 27.3 Å². The van der Waals surface area contributed by atoms with Crippen molar-refractivity contribution < 1.29 is 0 Å². The minimum atomic E-state index is 0.483. The van der Waals surface area contributed by atoms with Crippen LogP contribution in [0.2, 0.25) is 0 Å². The van der Waals surface area contributed by atoms with Crippen molar-refractivity contribution in [2.24, 2.45) is 0 Å². The highest BCUT2D eigenvalue weighted by Gasteiger charge is 2.22. The van der Waals surface area contributed by atoms with E-state index in [0.29, 0.717) is 6.04 Å². The fourth-order valence-electron chi connectivity index (χ4n) is 2.48. The minimum absolute atomic E-state index is 0.483. The Hall–Kier alpha value is -1.55. The molecule has 0 saturated carbocycles. The van der Waals surface area contributed by atoms with E-state index >= 15 is 0 Å². The van der Waals surface area contributed by atoms with E-state index in [2.05, 4.69) is 67.5 Å². The second-order valence-electron chi connectivity index (χ2n) is 4.80. The molecule has 0 bridgehead atoms. The van der Waals surface area contributed by atoms with Gasteiger partial charge in [-0.1, -0.05) is 18.2 Å². The Kier molecular flexibility index (Phi) is 3.69. The van der Waals surface area contributed by atoms with Crippen LogP contribution in [-0.4, -0.2) is 24.1 Å². The molecule has 0 radical (unpaired) electrons. The third-order valence-electron chi connectivity index (χ3n) is 3.39. The summed E-state index contributed by atoms with van der Waals surface area (Å²) >= 11 is 3.45. The normalized spacial score (nSPS) is 18.6. The number of benzene rings is 1. The fourth-order valence-corrected chi connectivity index (χ4v) is 2.84. The summed E-state index contributed by atoms with van der Waals surface area (Å²) in [5, 5.41) is 3.55. The van der Waals surface area contributed by atoms with E-state index in [1.54, 1.807) is 6.20 Å². The van der Waals surface area contributed by atoms with Gasteiger partial charge in [0, 0.05) is 35.5 Å². The Morgan fingerprint density at radius 1 is 1.21 bits per heavy atom. The molecule has 1 aromatic carbocycles. The summed E-state index contributed by atoms with van der Waals surface area (Å²) in [7, 11) is 0. The monoisotopic (exact) mass is 317 g/mol. The standard InChI is InChI=1S/C15H16BrN3/c16-12-8-14(10-17-9-12)18-13-6-7-19(11-13)15-4-2-1-3-5-15/h1-5,8-10,13,18H,6-7,11H2. The van der Waals surface area contributed by atoms with Gasteiger partial charge < -0.3 is 10.2 Å². The van der Waals surface area contributed by atoms with E-state index < -0.39 is 0 Å². The molecule has 1 aliphatic heterocycles. The Morgan fingerprint density at radius 2 is 2.05 bits per heavy atom. The van der Waals surface area contributed by atoms with Crippen LogP contribution in [0.1, 0.15) is 6.42 Å². The average Bonchev–Trinajstić information content (AvgIpc) is 2.88. The molecular weight excluding hydrogens is 302 g/mol. The quantitative estimate of drug-likeness (QED) is 0.938. The predicted molar refractivity (Wildman–Crippen MR) is 82.6 cm³/mol. The summed E-state index contributed by atoms with van der Waals surface area (Å²) < 4.78 is 1.01. The van der Waals surface area contributed by atoms with Gasteiger partial charge in [0.25, 0.3) is 0 Å². The lowest BCUT2D eigenvalue weighted by Crippen LogP contribution is -2.25. The molecule has 3 rings (SSSR count). The number of para-hydroxylation sites is 1. The molecule has 1 aliphatic rings. The first kappa shape index (κ1) is 12.5. The van der Waals surface area contributed by atoms with Crippen LogP contribution in [0.4, 0.5) is 11.4 Å². The summed E-state index contributed by atoms with van der Waals surface area (Å²) in [5.41, 5.74) is 2.38. The van der Waals surface area contributed by atoms with Crippen LogP contribution < -0.4 is 10.2 Å². The summed E-state index contributed by atoms with van der Waals surface area (Å²) in [6, 6.07) is 13.1. The van der Waals surface area contributed by atoms with Gasteiger partial charge in [-0.15, -0.1) is 0 Å². The molecule has 2 aromatic rings. The first-order chi connectivity index (χ1) is 9.31. The zero-order valence-electron chi connectivity index (χ0n) is 10.6. The molecule has 1 atom stereocenters. The lowest BCUT2D eigenvalue weighted by Gasteiger charge is -2.19. The number of rotatable bonds is 3. The number of halogens is 1. The maximum absolute atomic E-state index is 4.18. The van der Waals surface area contributed by atoms with Gasteiger partial charge in [-0.25, -0.2) is 0 Å². The van der Waals surface area contributed by atoms with Gasteiger partial charge >= 0.3 is 0 Å². The Bertz CT molecular complexity index is 544. The van der Waals surface area contributed by atoms with E-state index in [1.807, 2.05) is 6.20 Å². The van der Waals surface area contributed by atoms with Crippen LogP contribution >= 0.6 is 15.9 Å². The molecule has 3 nitrogen and oxygen atoms in total. The summed E-state index contributed by atoms with van der Waals surface area (Å²) in [5.74, 6) is 0. The third kappa shape index (κ3) is 3.07. The van der Waals surface area contributed by atoms with Gasteiger partial charge in [-0.3, -0.25) is 4.98 Å². The molecule has 1 N–H and O–H groups in total. The largest absolute Gasteiger partial charge is 0.379 e. The molecule has 0 amide bonds. The zero-order chi connectivity index (χ0) is 13.1. The van der Waals surface area contributed by atoms with Crippen LogP contribution in [0.5, 0.6) is 0 Å². The van der Waals surface area contributed by atoms with Crippen molar-refractivity contribution in [3.8, 4) is 0 Å². The van der Waals surface area contributed by atoms with Crippen molar-refractivity contribution in [1.29, 1.82) is 0 Å². The van der Waals surface area contributed by atoms with E-state index in [-0.39, 0.29) is 0 Å². The van der Waals surface area contributed by atoms with Crippen molar-refractivity contribution in [1.82, 2.24) is 4.98 Å². The smallest absolute Gasteiger partial charge is 0.0540 e. The number of hydrogen-bond acceptors (Lipinski definition) is 3. The average molecular weight is 318 g/mol. The topological polar surface area (TPSA) is 28.2 Å². The van der Waals surface area contributed by atoms with E-state index in [1.165, 1.54) is 5.69 Å². The second-order valence-corrected chi connectivity index (χ2v) is 5.72. The van der Waals surface area contributed by atoms with Crippen LogP contribution in [0.3, 0.4) is 0 Å². The van der Waals surface area contributed by atoms with Gasteiger partial charge in [0.15, 0.2) is 0 Å². The highest BCUT2D eigenvalue weighted by molar-refractivity contribution is 9.10. The molecular formula is C15H16BrN3. The molecule has 4 heteroatoms. The molecule has 98 valence electrons. The van der Waals surface area contributed by atoms with Gasteiger partial charge in [0.05, 0.1) is 11.9 Å². The van der Waals surface area contributed by atoms with Crippen molar-refractivity contribution in [2.75, 3.05) is 23.3 Å². The van der Waals surface area contributed by atoms with Crippen molar-refractivity contribution in [3.63, 3.8) is 0 Å². The van der Waals surface area contributed by atoms with E-state index in [9.17, 15) is 0 Å². The van der Waals surface area contributed by atoms with Gasteiger partial charge in [-0.2, -0.15) is 0 Å². The summed E-state index contributed by atoms with van der Waals surface area (Å²) in [6.45, 7) is 2.14. The number of nitrogens with one attached hydrogen (secondary N) is 1. The first-order valence-corrected chi connectivity index (χ1v) is 7.27. The predicted octanol–water partition coefficient (Wildman–Crippen LogP) is 3.53. The number of aromatic nitrogens is 1. The Balaban J connectivity index is 1.63. The minimum Gasteiger partial charge on any atom is -0.379 e. The van der Waals surface area contributed by atoms with Gasteiger partial charge in [0.1, 0.15) is 0 Å². The lowest BCUT2D eigenvalue weighted by molar-refractivity contribution is 0.806.